The van der Waals surface area contributed by atoms with Crippen LogP contribution in [0.3, 0.4) is 0 Å². The molecule has 0 radical (unpaired) electrons. The Hall–Kier alpha value is -0.0400. The molecule has 0 heterocycles. The summed E-state index contributed by atoms with van der Waals surface area (Å²) in [4.78, 5) is 0. The molecule has 1 unspecified atom stereocenters. The predicted octanol–water partition coefficient (Wildman–Crippen LogP) is 4.25. The lowest BCUT2D eigenvalue weighted by Crippen LogP contribution is -2.19. The first kappa shape index (κ1) is 13.0. The van der Waals surface area contributed by atoms with E-state index in [1.165, 1.54) is 70.6 Å². The van der Waals surface area contributed by atoms with Gasteiger partial charge in [-0.1, -0.05) is 58.3 Å². The molecule has 1 saturated carbocycles. The molecule has 90 valence electrons. The van der Waals surface area contributed by atoms with Crippen LogP contribution in [-0.4, -0.2) is 6.04 Å². The van der Waals surface area contributed by atoms with Crippen molar-refractivity contribution < 1.29 is 0 Å². The molecule has 1 aliphatic carbocycles. The van der Waals surface area contributed by atoms with Gasteiger partial charge >= 0.3 is 0 Å². The Balaban J connectivity index is 1.77. The maximum Gasteiger partial charge on any atom is 0.00389 e. The zero-order chi connectivity index (χ0) is 10.9. The standard InChI is InChI=1S/C14H29N/c1-2-3-4-5-6-7-8-14(15)12-11-13-9-10-13/h13-14H,2-12,15H2,1H3. The van der Waals surface area contributed by atoms with Crippen LogP contribution in [0.15, 0.2) is 0 Å². The fourth-order valence-electron chi connectivity index (χ4n) is 2.19. The van der Waals surface area contributed by atoms with Crippen molar-refractivity contribution in [3.8, 4) is 0 Å². The van der Waals surface area contributed by atoms with E-state index in [9.17, 15) is 0 Å². The zero-order valence-electron chi connectivity index (χ0n) is 10.5. The van der Waals surface area contributed by atoms with Crippen LogP contribution in [0, 0.1) is 5.92 Å². The van der Waals surface area contributed by atoms with Crippen LogP contribution < -0.4 is 5.73 Å². The summed E-state index contributed by atoms with van der Waals surface area (Å²) < 4.78 is 0. The van der Waals surface area contributed by atoms with Crippen LogP contribution in [0.4, 0.5) is 0 Å². The van der Waals surface area contributed by atoms with Crippen LogP contribution in [0.2, 0.25) is 0 Å². The minimum Gasteiger partial charge on any atom is -0.328 e. The summed E-state index contributed by atoms with van der Waals surface area (Å²) in [5, 5.41) is 0. The molecular formula is C14H29N. The molecule has 0 aliphatic heterocycles. The van der Waals surface area contributed by atoms with Crippen LogP contribution in [-0.2, 0) is 0 Å². The van der Waals surface area contributed by atoms with Crippen molar-refractivity contribution in [3.63, 3.8) is 0 Å². The van der Waals surface area contributed by atoms with Gasteiger partial charge < -0.3 is 5.73 Å². The molecule has 0 spiro atoms. The van der Waals surface area contributed by atoms with Crippen molar-refractivity contribution in [3.05, 3.63) is 0 Å². The molecule has 1 aliphatic rings. The molecule has 1 heteroatoms. The molecule has 1 rings (SSSR count). The normalized spacial score (nSPS) is 18.0. The third kappa shape index (κ3) is 7.84. The van der Waals surface area contributed by atoms with Gasteiger partial charge in [0.2, 0.25) is 0 Å². The topological polar surface area (TPSA) is 26.0 Å². The fraction of sp³-hybridized carbons (Fsp3) is 1.00. The lowest BCUT2D eigenvalue weighted by molar-refractivity contribution is 0.488. The van der Waals surface area contributed by atoms with Crippen molar-refractivity contribution in [2.45, 2.75) is 83.6 Å². The van der Waals surface area contributed by atoms with Crippen molar-refractivity contribution in [1.82, 2.24) is 0 Å². The third-order valence-electron chi connectivity index (χ3n) is 3.57. The quantitative estimate of drug-likeness (QED) is 0.537. The molecule has 1 fully saturated rings. The monoisotopic (exact) mass is 211 g/mol. The summed E-state index contributed by atoms with van der Waals surface area (Å²) >= 11 is 0. The van der Waals surface area contributed by atoms with Crippen molar-refractivity contribution >= 4 is 0 Å². The Labute approximate surface area is 95.8 Å². The van der Waals surface area contributed by atoms with Gasteiger partial charge in [-0.25, -0.2) is 0 Å². The highest BCUT2D eigenvalue weighted by Gasteiger charge is 2.21. The fourth-order valence-corrected chi connectivity index (χ4v) is 2.19. The lowest BCUT2D eigenvalue weighted by atomic mass is 10.0. The molecule has 1 nitrogen and oxygen atoms in total. The molecule has 0 aromatic carbocycles. The molecule has 0 amide bonds. The number of hydrogen-bond acceptors (Lipinski definition) is 1. The highest BCUT2D eigenvalue weighted by Crippen LogP contribution is 2.34. The van der Waals surface area contributed by atoms with Crippen molar-refractivity contribution in [2.24, 2.45) is 11.7 Å². The summed E-state index contributed by atoms with van der Waals surface area (Å²) in [5.41, 5.74) is 6.09. The highest BCUT2D eigenvalue weighted by atomic mass is 14.6. The molecule has 1 atom stereocenters. The van der Waals surface area contributed by atoms with Gasteiger partial charge in [0.1, 0.15) is 0 Å². The first-order chi connectivity index (χ1) is 7.33. The van der Waals surface area contributed by atoms with Gasteiger partial charge in [0.05, 0.1) is 0 Å². The van der Waals surface area contributed by atoms with Crippen LogP contribution in [0.5, 0.6) is 0 Å². The van der Waals surface area contributed by atoms with E-state index in [4.69, 9.17) is 5.73 Å². The number of unbranched alkanes of at least 4 members (excludes halogenated alkanes) is 5. The van der Waals surface area contributed by atoms with Crippen LogP contribution in [0.25, 0.3) is 0 Å². The zero-order valence-corrected chi connectivity index (χ0v) is 10.5. The average molecular weight is 211 g/mol. The van der Waals surface area contributed by atoms with E-state index in [-0.39, 0.29) is 0 Å². The van der Waals surface area contributed by atoms with Crippen molar-refractivity contribution in [1.29, 1.82) is 0 Å². The van der Waals surface area contributed by atoms with Gasteiger partial charge in [-0.15, -0.1) is 0 Å². The van der Waals surface area contributed by atoms with E-state index < -0.39 is 0 Å². The van der Waals surface area contributed by atoms with Crippen LogP contribution >= 0.6 is 0 Å². The molecule has 0 aromatic heterocycles. The first-order valence-electron chi connectivity index (χ1n) is 7.08. The Kier molecular flexibility index (Phi) is 7.08. The number of hydrogen-bond donors (Lipinski definition) is 1. The number of rotatable bonds is 10. The van der Waals surface area contributed by atoms with Gasteiger partial charge in [-0.2, -0.15) is 0 Å². The molecule has 0 aromatic rings. The molecular weight excluding hydrogens is 182 g/mol. The molecule has 15 heavy (non-hydrogen) atoms. The Morgan fingerprint density at radius 2 is 1.67 bits per heavy atom. The Morgan fingerprint density at radius 1 is 1.00 bits per heavy atom. The van der Waals surface area contributed by atoms with E-state index in [0.717, 1.165) is 5.92 Å². The molecule has 2 N–H and O–H groups in total. The third-order valence-corrected chi connectivity index (χ3v) is 3.57. The van der Waals surface area contributed by atoms with Gasteiger partial charge in [-0.3, -0.25) is 0 Å². The van der Waals surface area contributed by atoms with Crippen molar-refractivity contribution in [2.75, 3.05) is 0 Å². The first-order valence-corrected chi connectivity index (χ1v) is 7.08. The summed E-state index contributed by atoms with van der Waals surface area (Å²) in [5.74, 6) is 1.06. The second-order valence-electron chi connectivity index (χ2n) is 5.34. The summed E-state index contributed by atoms with van der Waals surface area (Å²) in [6.45, 7) is 2.27. The number of nitrogens with two attached hydrogens (primary N) is 1. The smallest absolute Gasteiger partial charge is 0.00389 e. The van der Waals surface area contributed by atoms with Crippen LogP contribution in [0.1, 0.15) is 77.6 Å². The Morgan fingerprint density at radius 3 is 2.33 bits per heavy atom. The minimum absolute atomic E-state index is 0.497. The van der Waals surface area contributed by atoms with E-state index in [0.29, 0.717) is 6.04 Å². The van der Waals surface area contributed by atoms with E-state index in [1.807, 2.05) is 0 Å². The summed E-state index contributed by atoms with van der Waals surface area (Å²) in [7, 11) is 0. The van der Waals surface area contributed by atoms with Gasteiger partial charge in [0, 0.05) is 6.04 Å². The lowest BCUT2D eigenvalue weighted by Gasteiger charge is -2.10. The second kappa shape index (κ2) is 8.15. The minimum atomic E-state index is 0.497. The van der Waals surface area contributed by atoms with E-state index >= 15 is 0 Å². The largest absolute Gasteiger partial charge is 0.328 e. The Bertz CT molecular complexity index is 140. The highest BCUT2D eigenvalue weighted by molar-refractivity contribution is 4.75. The summed E-state index contributed by atoms with van der Waals surface area (Å²) in [6, 6.07) is 0.497. The maximum absolute atomic E-state index is 6.09. The maximum atomic E-state index is 6.09. The van der Waals surface area contributed by atoms with Gasteiger partial charge in [0.15, 0.2) is 0 Å². The van der Waals surface area contributed by atoms with Gasteiger partial charge in [0.25, 0.3) is 0 Å². The van der Waals surface area contributed by atoms with E-state index in [2.05, 4.69) is 6.92 Å². The second-order valence-corrected chi connectivity index (χ2v) is 5.34. The SMILES string of the molecule is CCCCCCCCC(N)CCC1CC1. The van der Waals surface area contributed by atoms with E-state index in [1.54, 1.807) is 0 Å². The predicted molar refractivity (Wildman–Crippen MR) is 67.9 cm³/mol. The summed E-state index contributed by atoms with van der Waals surface area (Å²) in [6.07, 6.45) is 15.3. The van der Waals surface area contributed by atoms with Gasteiger partial charge in [-0.05, 0) is 25.2 Å². The average Bonchev–Trinajstić information content (AvgIpc) is 3.04. The molecule has 0 bridgehead atoms. The molecule has 0 saturated heterocycles.